The summed E-state index contributed by atoms with van der Waals surface area (Å²) in [7, 11) is 0. The van der Waals surface area contributed by atoms with Crippen molar-refractivity contribution in [2.75, 3.05) is 5.32 Å². The summed E-state index contributed by atoms with van der Waals surface area (Å²) in [5.41, 5.74) is 5.72. The molecule has 0 aliphatic carbocycles. The molecule has 1 aromatic heterocycles. The molecular weight excluding hydrogens is 326 g/mol. The quantitative estimate of drug-likeness (QED) is 0.702. The van der Waals surface area contributed by atoms with Crippen molar-refractivity contribution in [2.24, 2.45) is 0 Å². The Hall–Kier alpha value is -2.07. The van der Waals surface area contributed by atoms with Crippen molar-refractivity contribution in [2.45, 2.75) is 13.1 Å². The van der Waals surface area contributed by atoms with Crippen molar-refractivity contribution in [3.63, 3.8) is 0 Å². The van der Waals surface area contributed by atoms with E-state index in [1.165, 1.54) is 11.1 Å². The van der Waals surface area contributed by atoms with Crippen molar-refractivity contribution in [1.29, 1.82) is 0 Å². The number of halogens is 1. The summed E-state index contributed by atoms with van der Waals surface area (Å²) in [4.78, 5) is 0. The second-order valence-corrected chi connectivity index (χ2v) is 6.18. The maximum absolute atomic E-state index is 4.68. The minimum atomic E-state index is 0.0149. The zero-order chi connectivity index (χ0) is 14.4. The molecule has 21 heavy (non-hydrogen) atoms. The first-order valence-electron chi connectivity index (χ1n) is 6.90. The van der Waals surface area contributed by atoms with Gasteiger partial charge in [-0.2, -0.15) is 5.10 Å². The summed E-state index contributed by atoms with van der Waals surface area (Å²) in [6.07, 6.45) is 0.0149. The topological polar surface area (TPSA) is 29.9 Å². The van der Waals surface area contributed by atoms with Crippen LogP contribution in [0.3, 0.4) is 0 Å². The van der Waals surface area contributed by atoms with Gasteiger partial charge < -0.3 is 5.32 Å². The molecule has 3 nitrogen and oxygen atoms in total. The minimum Gasteiger partial charge on any atom is -0.359 e. The van der Waals surface area contributed by atoms with E-state index in [2.05, 4.69) is 79.6 Å². The average molecular weight is 340 g/mol. The van der Waals surface area contributed by atoms with Crippen LogP contribution in [0.5, 0.6) is 0 Å². The molecule has 3 aromatic rings. The predicted molar refractivity (Wildman–Crippen MR) is 88.3 cm³/mol. The van der Waals surface area contributed by atoms with Gasteiger partial charge in [-0.1, -0.05) is 46.3 Å². The molecule has 0 saturated heterocycles. The smallest absolute Gasteiger partial charge is 0.147 e. The van der Waals surface area contributed by atoms with Gasteiger partial charge in [0.25, 0.3) is 0 Å². The zero-order valence-corrected chi connectivity index (χ0v) is 13.1. The van der Waals surface area contributed by atoms with E-state index >= 15 is 0 Å². The fourth-order valence-corrected chi connectivity index (χ4v) is 3.27. The summed E-state index contributed by atoms with van der Waals surface area (Å²) < 4.78 is 3.14. The van der Waals surface area contributed by atoms with Gasteiger partial charge in [-0.25, -0.2) is 4.68 Å². The molecule has 2 aromatic carbocycles. The zero-order valence-electron chi connectivity index (χ0n) is 11.5. The standard InChI is InChI=1S/C17H14BrN3/c1-11-9-16-14-7-2-3-8-15(14)19-17(21(16)20-11)12-5-4-6-13(18)10-12/h2-10,17,19H,1H3. The number of rotatable bonds is 1. The summed E-state index contributed by atoms with van der Waals surface area (Å²) in [5, 5.41) is 8.27. The second-order valence-electron chi connectivity index (χ2n) is 5.26. The van der Waals surface area contributed by atoms with Crippen LogP contribution in [0.1, 0.15) is 17.4 Å². The van der Waals surface area contributed by atoms with E-state index in [4.69, 9.17) is 0 Å². The molecule has 4 heteroatoms. The Balaban J connectivity index is 1.92. The number of nitrogens with one attached hydrogen (secondary N) is 1. The first kappa shape index (κ1) is 12.7. The number of benzene rings is 2. The third-order valence-electron chi connectivity index (χ3n) is 3.76. The van der Waals surface area contributed by atoms with E-state index in [1.54, 1.807) is 0 Å². The van der Waals surface area contributed by atoms with E-state index in [0.29, 0.717) is 0 Å². The molecular formula is C17H14BrN3. The fourth-order valence-electron chi connectivity index (χ4n) is 2.86. The van der Waals surface area contributed by atoms with Crippen molar-refractivity contribution in [3.8, 4) is 11.3 Å². The van der Waals surface area contributed by atoms with E-state index in [1.807, 2.05) is 13.0 Å². The Morgan fingerprint density at radius 3 is 2.81 bits per heavy atom. The van der Waals surface area contributed by atoms with Crippen LogP contribution in [0.25, 0.3) is 11.3 Å². The normalized spacial score (nSPS) is 16.0. The average Bonchev–Trinajstić information content (AvgIpc) is 2.88. The van der Waals surface area contributed by atoms with Gasteiger partial charge in [0.15, 0.2) is 0 Å². The Kier molecular flexibility index (Phi) is 2.86. The van der Waals surface area contributed by atoms with Gasteiger partial charge in [0, 0.05) is 15.7 Å². The lowest BCUT2D eigenvalue weighted by atomic mass is 10.0. The highest BCUT2D eigenvalue weighted by Crippen LogP contribution is 2.38. The van der Waals surface area contributed by atoms with Crippen molar-refractivity contribution in [1.82, 2.24) is 9.78 Å². The number of aryl methyl sites for hydroxylation is 1. The van der Waals surface area contributed by atoms with Gasteiger partial charge in [0.1, 0.15) is 6.17 Å². The van der Waals surface area contributed by atoms with Crippen LogP contribution in [-0.2, 0) is 0 Å². The number of fused-ring (bicyclic) bond motifs is 3. The van der Waals surface area contributed by atoms with Crippen LogP contribution in [0.15, 0.2) is 59.1 Å². The minimum absolute atomic E-state index is 0.0149. The van der Waals surface area contributed by atoms with Crippen LogP contribution in [-0.4, -0.2) is 9.78 Å². The van der Waals surface area contributed by atoms with Gasteiger partial charge in [0.2, 0.25) is 0 Å². The lowest BCUT2D eigenvalue weighted by molar-refractivity contribution is 0.571. The molecule has 0 amide bonds. The third-order valence-corrected chi connectivity index (χ3v) is 4.26. The molecule has 0 spiro atoms. The van der Waals surface area contributed by atoms with E-state index in [0.717, 1.165) is 21.5 Å². The fraction of sp³-hybridized carbons (Fsp3) is 0.118. The molecule has 1 aliphatic heterocycles. The summed E-state index contributed by atoms with van der Waals surface area (Å²) in [6, 6.07) is 18.9. The van der Waals surface area contributed by atoms with E-state index < -0.39 is 0 Å². The number of nitrogens with zero attached hydrogens (tertiary/aromatic N) is 2. The molecule has 1 atom stereocenters. The second kappa shape index (κ2) is 4.74. The molecule has 0 fully saturated rings. The van der Waals surface area contributed by atoms with Crippen molar-refractivity contribution in [3.05, 3.63) is 70.3 Å². The van der Waals surface area contributed by atoms with Gasteiger partial charge in [-0.05, 0) is 36.8 Å². The maximum atomic E-state index is 4.68. The molecule has 0 bridgehead atoms. The summed E-state index contributed by atoms with van der Waals surface area (Å²) >= 11 is 3.55. The van der Waals surface area contributed by atoms with Crippen LogP contribution in [0.4, 0.5) is 5.69 Å². The van der Waals surface area contributed by atoms with E-state index in [9.17, 15) is 0 Å². The molecule has 2 heterocycles. The Labute approximate surface area is 131 Å². The number of anilines is 1. The predicted octanol–water partition coefficient (Wildman–Crippen LogP) is 4.59. The van der Waals surface area contributed by atoms with Gasteiger partial charge in [-0.15, -0.1) is 0 Å². The number of para-hydroxylation sites is 1. The highest BCUT2D eigenvalue weighted by Gasteiger charge is 2.26. The van der Waals surface area contributed by atoms with Crippen molar-refractivity contribution >= 4 is 21.6 Å². The van der Waals surface area contributed by atoms with Gasteiger partial charge in [0.05, 0.1) is 11.4 Å². The van der Waals surface area contributed by atoms with Crippen molar-refractivity contribution < 1.29 is 0 Å². The van der Waals surface area contributed by atoms with Crippen LogP contribution in [0.2, 0.25) is 0 Å². The van der Waals surface area contributed by atoms with Crippen LogP contribution in [0, 0.1) is 6.92 Å². The number of aromatic nitrogens is 2. The SMILES string of the molecule is Cc1cc2n(n1)C(c1cccc(Br)c1)Nc1ccccc1-2. The Bertz CT molecular complexity index is 822. The first-order valence-corrected chi connectivity index (χ1v) is 7.69. The monoisotopic (exact) mass is 339 g/mol. The summed E-state index contributed by atoms with van der Waals surface area (Å²) in [5.74, 6) is 0. The molecule has 1 unspecified atom stereocenters. The molecule has 1 aliphatic rings. The summed E-state index contributed by atoms with van der Waals surface area (Å²) in [6.45, 7) is 2.03. The molecule has 104 valence electrons. The van der Waals surface area contributed by atoms with Gasteiger partial charge >= 0.3 is 0 Å². The Morgan fingerprint density at radius 2 is 1.95 bits per heavy atom. The lowest BCUT2D eigenvalue weighted by Gasteiger charge is -2.29. The van der Waals surface area contributed by atoms with Gasteiger partial charge in [-0.3, -0.25) is 0 Å². The highest BCUT2D eigenvalue weighted by atomic mass is 79.9. The molecule has 1 N–H and O–H groups in total. The number of hydrogen-bond donors (Lipinski definition) is 1. The maximum Gasteiger partial charge on any atom is 0.147 e. The largest absolute Gasteiger partial charge is 0.359 e. The van der Waals surface area contributed by atoms with Crippen LogP contribution >= 0.6 is 15.9 Å². The molecule has 4 rings (SSSR count). The Morgan fingerprint density at radius 1 is 1.10 bits per heavy atom. The third kappa shape index (κ3) is 2.07. The molecule has 0 saturated carbocycles. The van der Waals surface area contributed by atoms with Crippen LogP contribution < -0.4 is 5.32 Å². The molecule has 0 radical (unpaired) electrons. The van der Waals surface area contributed by atoms with E-state index in [-0.39, 0.29) is 6.17 Å². The first-order chi connectivity index (χ1) is 10.2. The lowest BCUT2D eigenvalue weighted by Crippen LogP contribution is -2.25. The highest BCUT2D eigenvalue weighted by molar-refractivity contribution is 9.10. The number of hydrogen-bond acceptors (Lipinski definition) is 2.